The predicted molar refractivity (Wildman–Crippen MR) is 58.3 cm³/mol. The van der Waals surface area contributed by atoms with Gasteiger partial charge in [-0.1, -0.05) is 19.9 Å². The van der Waals surface area contributed by atoms with Crippen LogP contribution in [0.1, 0.15) is 33.6 Å². The molecule has 0 bridgehead atoms. The summed E-state index contributed by atoms with van der Waals surface area (Å²) in [6.45, 7) is 9.18. The Bertz CT molecular complexity index is 248. The lowest BCUT2D eigenvalue weighted by Crippen LogP contribution is -2.36. The maximum atomic E-state index is 11.4. The molecular formula is C11H19NO3. The van der Waals surface area contributed by atoms with Gasteiger partial charge in [-0.15, -0.1) is 0 Å². The van der Waals surface area contributed by atoms with Gasteiger partial charge in [0, 0.05) is 12.1 Å². The van der Waals surface area contributed by atoms with Crippen molar-refractivity contribution in [3.05, 3.63) is 12.2 Å². The summed E-state index contributed by atoms with van der Waals surface area (Å²) in [7, 11) is 0. The summed E-state index contributed by atoms with van der Waals surface area (Å²) in [6, 6.07) is 0. The summed E-state index contributed by atoms with van der Waals surface area (Å²) < 4.78 is 4.85. The molecule has 0 aliphatic rings. The van der Waals surface area contributed by atoms with Crippen molar-refractivity contribution < 1.29 is 14.3 Å². The first-order valence-corrected chi connectivity index (χ1v) is 5.13. The highest BCUT2D eigenvalue weighted by Gasteiger charge is 2.17. The van der Waals surface area contributed by atoms with Gasteiger partial charge in [0.05, 0.1) is 0 Å². The third-order valence-corrected chi connectivity index (χ3v) is 1.83. The summed E-state index contributed by atoms with van der Waals surface area (Å²) in [6.07, 6.45) is 1.18. The molecule has 15 heavy (non-hydrogen) atoms. The van der Waals surface area contributed by atoms with Gasteiger partial charge in [-0.3, -0.25) is 4.79 Å². The van der Waals surface area contributed by atoms with Gasteiger partial charge >= 0.3 is 5.97 Å². The van der Waals surface area contributed by atoms with Crippen molar-refractivity contribution in [2.24, 2.45) is 0 Å². The molecule has 1 N–H and O–H groups in total. The van der Waals surface area contributed by atoms with E-state index in [1.807, 2.05) is 6.92 Å². The van der Waals surface area contributed by atoms with Crippen LogP contribution in [0.5, 0.6) is 0 Å². The molecule has 0 rings (SSSR count). The van der Waals surface area contributed by atoms with Gasteiger partial charge in [-0.05, 0) is 20.3 Å². The van der Waals surface area contributed by atoms with Crippen LogP contribution in [0.25, 0.3) is 0 Å². The lowest BCUT2D eigenvalue weighted by atomic mass is 10.3. The first-order chi connectivity index (χ1) is 6.99. The highest BCUT2D eigenvalue weighted by molar-refractivity contribution is 5.90. The third kappa shape index (κ3) is 5.88. The second-order valence-corrected chi connectivity index (χ2v) is 3.47. The zero-order chi connectivity index (χ0) is 11.8. The number of rotatable bonds is 6. The van der Waals surface area contributed by atoms with Crippen LogP contribution in [0.3, 0.4) is 0 Å². The Labute approximate surface area is 90.7 Å². The molecule has 0 aromatic carbocycles. The number of carbonyl (C=O) groups is 2. The molecule has 0 aliphatic heterocycles. The smallest absolute Gasteiger partial charge is 0.333 e. The highest BCUT2D eigenvalue weighted by Crippen LogP contribution is 1.98. The number of nitrogens with one attached hydrogen (secondary N) is 1. The molecule has 4 heteroatoms. The second-order valence-electron chi connectivity index (χ2n) is 3.47. The predicted octanol–water partition coefficient (Wildman–Crippen LogP) is 1.41. The molecule has 0 radical (unpaired) electrons. The Morgan fingerprint density at radius 3 is 2.53 bits per heavy atom. The summed E-state index contributed by atoms with van der Waals surface area (Å²) in [5.74, 6) is -0.800. The van der Waals surface area contributed by atoms with E-state index >= 15 is 0 Å². The Kier molecular flexibility index (Phi) is 6.42. The molecule has 4 nitrogen and oxygen atoms in total. The van der Waals surface area contributed by atoms with E-state index in [-0.39, 0.29) is 5.91 Å². The molecule has 0 heterocycles. The number of ether oxygens (including phenoxy) is 1. The van der Waals surface area contributed by atoms with Crippen molar-refractivity contribution in [2.75, 3.05) is 6.54 Å². The van der Waals surface area contributed by atoms with Gasteiger partial charge in [-0.2, -0.15) is 0 Å². The number of hydrogen-bond donors (Lipinski definition) is 1. The van der Waals surface area contributed by atoms with E-state index in [1.165, 1.54) is 0 Å². The van der Waals surface area contributed by atoms with E-state index in [9.17, 15) is 9.59 Å². The van der Waals surface area contributed by atoms with Gasteiger partial charge in [0.2, 0.25) is 0 Å². The fourth-order valence-corrected chi connectivity index (χ4v) is 0.847. The average molecular weight is 213 g/mol. The fraction of sp³-hybridized carbons (Fsp3) is 0.636. The Morgan fingerprint density at radius 1 is 1.47 bits per heavy atom. The van der Waals surface area contributed by atoms with E-state index < -0.39 is 12.1 Å². The van der Waals surface area contributed by atoms with Crippen LogP contribution in [0, 0.1) is 0 Å². The second kappa shape index (κ2) is 7.04. The molecule has 86 valence electrons. The van der Waals surface area contributed by atoms with Gasteiger partial charge in [0.1, 0.15) is 0 Å². The van der Waals surface area contributed by atoms with Crippen molar-refractivity contribution in [3.8, 4) is 0 Å². The third-order valence-electron chi connectivity index (χ3n) is 1.83. The minimum atomic E-state index is -0.758. The van der Waals surface area contributed by atoms with Crippen molar-refractivity contribution in [2.45, 2.75) is 39.7 Å². The summed E-state index contributed by atoms with van der Waals surface area (Å²) >= 11 is 0. The molecule has 0 aromatic heterocycles. The van der Waals surface area contributed by atoms with E-state index in [0.717, 1.165) is 12.8 Å². The molecule has 1 unspecified atom stereocenters. The maximum absolute atomic E-state index is 11.4. The van der Waals surface area contributed by atoms with Gasteiger partial charge in [0.25, 0.3) is 5.91 Å². The van der Waals surface area contributed by atoms with Crippen molar-refractivity contribution in [1.29, 1.82) is 0 Å². The first kappa shape index (κ1) is 13.7. The van der Waals surface area contributed by atoms with E-state index in [0.29, 0.717) is 12.1 Å². The van der Waals surface area contributed by atoms with E-state index in [1.54, 1.807) is 13.8 Å². The number of hydrogen-bond acceptors (Lipinski definition) is 3. The number of esters is 1. The van der Waals surface area contributed by atoms with E-state index in [2.05, 4.69) is 11.9 Å². The van der Waals surface area contributed by atoms with Crippen molar-refractivity contribution >= 4 is 11.9 Å². The maximum Gasteiger partial charge on any atom is 0.333 e. The van der Waals surface area contributed by atoms with E-state index in [4.69, 9.17) is 4.74 Å². The lowest BCUT2D eigenvalue weighted by Gasteiger charge is -2.12. The van der Waals surface area contributed by atoms with Crippen LogP contribution in [0.15, 0.2) is 12.2 Å². The van der Waals surface area contributed by atoms with Crippen LogP contribution in [-0.4, -0.2) is 24.5 Å². The Balaban J connectivity index is 3.88. The summed E-state index contributed by atoms with van der Waals surface area (Å²) in [4.78, 5) is 22.4. The Morgan fingerprint density at radius 2 is 2.07 bits per heavy atom. The molecule has 0 spiro atoms. The SMILES string of the molecule is C=C(C)C(=O)OC(C)C(=O)NCCCC. The molecular weight excluding hydrogens is 194 g/mol. The molecule has 0 aromatic rings. The molecule has 0 saturated carbocycles. The standard InChI is InChI=1S/C11H19NO3/c1-5-6-7-12-10(13)9(4)15-11(14)8(2)3/h9H,2,5-7H2,1,3-4H3,(H,12,13). The van der Waals surface area contributed by atoms with Crippen LogP contribution in [-0.2, 0) is 14.3 Å². The largest absolute Gasteiger partial charge is 0.449 e. The molecule has 1 atom stereocenters. The van der Waals surface area contributed by atoms with Crippen LogP contribution >= 0.6 is 0 Å². The summed E-state index contributed by atoms with van der Waals surface area (Å²) in [5.41, 5.74) is 0.295. The van der Waals surface area contributed by atoms with Gasteiger partial charge in [0.15, 0.2) is 6.10 Å². The van der Waals surface area contributed by atoms with Crippen LogP contribution in [0.2, 0.25) is 0 Å². The summed E-state index contributed by atoms with van der Waals surface area (Å²) in [5, 5.41) is 2.68. The highest BCUT2D eigenvalue weighted by atomic mass is 16.5. The topological polar surface area (TPSA) is 55.4 Å². The van der Waals surface area contributed by atoms with Gasteiger partial charge < -0.3 is 10.1 Å². The minimum absolute atomic E-state index is 0.266. The average Bonchev–Trinajstić information content (AvgIpc) is 2.17. The van der Waals surface area contributed by atoms with Gasteiger partial charge in [-0.25, -0.2) is 4.79 Å². The van der Waals surface area contributed by atoms with Crippen molar-refractivity contribution in [3.63, 3.8) is 0 Å². The van der Waals surface area contributed by atoms with Crippen LogP contribution < -0.4 is 5.32 Å². The zero-order valence-electron chi connectivity index (χ0n) is 9.63. The molecule has 1 amide bonds. The van der Waals surface area contributed by atoms with Crippen molar-refractivity contribution in [1.82, 2.24) is 5.32 Å². The first-order valence-electron chi connectivity index (χ1n) is 5.13. The molecule has 0 fully saturated rings. The number of carbonyl (C=O) groups excluding carboxylic acids is 2. The van der Waals surface area contributed by atoms with Crippen LogP contribution in [0.4, 0.5) is 0 Å². The minimum Gasteiger partial charge on any atom is -0.449 e. The number of amides is 1. The molecule has 0 aliphatic carbocycles. The zero-order valence-corrected chi connectivity index (χ0v) is 9.63. The lowest BCUT2D eigenvalue weighted by molar-refractivity contribution is -0.151. The molecule has 0 saturated heterocycles. The monoisotopic (exact) mass is 213 g/mol. The number of unbranched alkanes of at least 4 members (excludes halogenated alkanes) is 1. The fourth-order valence-electron chi connectivity index (χ4n) is 0.847. The Hall–Kier alpha value is -1.32. The normalized spacial score (nSPS) is 11.7. The quantitative estimate of drug-likeness (QED) is 0.412.